The van der Waals surface area contributed by atoms with Crippen LogP contribution in [0.5, 0.6) is 0 Å². The SMILES string of the molecule is CC(C)(C)OC(=O)N1[C@H](C(=O)O)CC2[C@@H]3CC231. The molecule has 2 unspecified atom stereocenters. The highest BCUT2D eigenvalue weighted by Crippen LogP contribution is 2.80. The van der Waals surface area contributed by atoms with Gasteiger partial charge in [-0.1, -0.05) is 0 Å². The highest BCUT2D eigenvalue weighted by Gasteiger charge is 2.87. The lowest BCUT2D eigenvalue weighted by molar-refractivity contribution is -0.142. The van der Waals surface area contributed by atoms with E-state index in [0.29, 0.717) is 18.3 Å². The van der Waals surface area contributed by atoms with Crippen LogP contribution in [0.4, 0.5) is 4.79 Å². The molecule has 1 heterocycles. The zero-order valence-electron chi connectivity index (χ0n) is 10.3. The number of nitrogens with zero attached hydrogens (tertiary/aromatic N) is 1. The van der Waals surface area contributed by atoms with Crippen LogP contribution >= 0.6 is 0 Å². The Bertz CT molecular complexity index is 413. The molecule has 5 nitrogen and oxygen atoms in total. The Morgan fingerprint density at radius 2 is 2.00 bits per heavy atom. The number of carboxylic acids is 1. The molecule has 5 heteroatoms. The van der Waals surface area contributed by atoms with E-state index in [1.807, 2.05) is 0 Å². The van der Waals surface area contributed by atoms with Gasteiger partial charge in [0.25, 0.3) is 0 Å². The van der Waals surface area contributed by atoms with Crippen molar-refractivity contribution in [3.63, 3.8) is 0 Å². The molecule has 2 aliphatic carbocycles. The third kappa shape index (κ3) is 1.31. The van der Waals surface area contributed by atoms with Gasteiger partial charge in [-0.2, -0.15) is 0 Å². The molecule has 2 saturated carbocycles. The second-order valence-electron chi connectivity index (χ2n) is 6.35. The van der Waals surface area contributed by atoms with Crippen LogP contribution in [0.15, 0.2) is 0 Å². The Morgan fingerprint density at radius 1 is 1.35 bits per heavy atom. The van der Waals surface area contributed by atoms with Crippen molar-refractivity contribution < 1.29 is 19.4 Å². The molecule has 3 rings (SSSR count). The van der Waals surface area contributed by atoms with Crippen LogP contribution in [0, 0.1) is 11.8 Å². The number of likely N-dealkylation sites (tertiary alicyclic amines) is 1. The lowest BCUT2D eigenvalue weighted by atomic mass is 10.1. The molecule has 0 aromatic carbocycles. The Kier molecular flexibility index (Phi) is 1.77. The van der Waals surface area contributed by atoms with Crippen molar-refractivity contribution in [3.05, 3.63) is 0 Å². The molecule has 94 valence electrons. The van der Waals surface area contributed by atoms with E-state index in [4.69, 9.17) is 9.84 Å². The fourth-order valence-electron chi connectivity index (χ4n) is 3.29. The van der Waals surface area contributed by atoms with Gasteiger partial charge in [-0.3, -0.25) is 4.90 Å². The Morgan fingerprint density at radius 3 is 2.47 bits per heavy atom. The van der Waals surface area contributed by atoms with Gasteiger partial charge < -0.3 is 9.84 Å². The smallest absolute Gasteiger partial charge is 0.411 e. The van der Waals surface area contributed by atoms with Crippen LogP contribution in [-0.2, 0) is 9.53 Å². The number of rotatable bonds is 1. The van der Waals surface area contributed by atoms with Crippen LogP contribution in [0.25, 0.3) is 0 Å². The molecule has 0 bridgehead atoms. The third-order valence-corrected chi connectivity index (χ3v) is 4.16. The van der Waals surface area contributed by atoms with E-state index >= 15 is 0 Å². The summed E-state index contributed by atoms with van der Waals surface area (Å²) < 4.78 is 5.31. The number of carbonyl (C=O) groups excluding carboxylic acids is 1. The number of amides is 1. The lowest BCUT2D eigenvalue weighted by Crippen LogP contribution is -2.47. The first kappa shape index (κ1) is 10.9. The van der Waals surface area contributed by atoms with Crippen molar-refractivity contribution in [2.75, 3.05) is 0 Å². The van der Waals surface area contributed by atoms with Gasteiger partial charge in [-0.15, -0.1) is 0 Å². The molecule has 1 aliphatic heterocycles. The van der Waals surface area contributed by atoms with Gasteiger partial charge in [0.05, 0.1) is 5.54 Å². The maximum absolute atomic E-state index is 12.1. The monoisotopic (exact) mass is 239 g/mol. The number of hydrogen-bond acceptors (Lipinski definition) is 3. The summed E-state index contributed by atoms with van der Waals surface area (Å²) in [6, 6.07) is -0.686. The molecular formula is C12H17NO4. The van der Waals surface area contributed by atoms with Gasteiger partial charge >= 0.3 is 12.1 Å². The Balaban J connectivity index is 1.80. The summed E-state index contributed by atoms with van der Waals surface area (Å²) in [5, 5.41) is 9.15. The van der Waals surface area contributed by atoms with Crippen molar-refractivity contribution in [2.45, 2.75) is 50.8 Å². The standard InChI is InChI=1S/C12H17NO4/c1-11(2,3)17-10(16)13-8(9(14)15)4-6-7-5-12(6,7)13/h6-8H,4-5H2,1-3H3,(H,14,15)/t6?,7-,8-,12?/m0/s1. The molecule has 3 aliphatic rings. The molecule has 1 saturated heterocycles. The number of piperidine rings is 1. The molecule has 1 amide bonds. The zero-order chi connectivity index (χ0) is 12.6. The Labute approximate surface area is 99.7 Å². The molecular weight excluding hydrogens is 222 g/mol. The van der Waals surface area contributed by atoms with E-state index in [0.717, 1.165) is 6.42 Å². The summed E-state index contributed by atoms with van der Waals surface area (Å²) in [4.78, 5) is 24.7. The van der Waals surface area contributed by atoms with Crippen molar-refractivity contribution in [3.8, 4) is 0 Å². The van der Waals surface area contributed by atoms with Gasteiger partial charge in [0.15, 0.2) is 0 Å². The molecule has 3 fully saturated rings. The summed E-state index contributed by atoms with van der Waals surface area (Å²) in [7, 11) is 0. The topological polar surface area (TPSA) is 66.8 Å². The summed E-state index contributed by atoms with van der Waals surface area (Å²) in [5.41, 5.74) is -0.709. The van der Waals surface area contributed by atoms with Crippen LogP contribution in [0.3, 0.4) is 0 Å². The maximum atomic E-state index is 12.1. The molecule has 0 aromatic rings. The van der Waals surface area contributed by atoms with E-state index in [1.54, 1.807) is 20.8 Å². The number of fused-ring (bicyclic) bond motifs is 1. The largest absolute Gasteiger partial charge is 0.480 e. The highest BCUT2D eigenvalue weighted by molar-refractivity contribution is 5.84. The minimum absolute atomic E-state index is 0.134. The van der Waals surface area contributed by atoms with Gasteiger partial charge in [-0.05, 0) is 45.4 Å². The first-order valence-electron chi connectivity index (χ1n) is 6.02. The number of aliphatic carboxylic acids is 1. The van der Waals surface area contributed by atoms with Gasteiger partial charge in [-0.25, -0.2) is 9.59 Å². The maximum Gasteiger partial charge on any atom is 0.411 e. The molecule has 1 spiro atoms. The van der Waals surface area contributed by atoms with Crippen molar-refractivity contribution >= 4 is 12.1 Å². The van der Waals surface area contributed by atoms with Crippen LogP contribution in [0.2, 0.25) is 0 Å². The molecule has 0 aromatic heterocycles. The molecule has 0 radical (unpaired) electrons. The van der Waals surface area contributed by atoms with Crippen molar-refractivity contribution in [1.29, 1.82) is 0 Å². The Hall–Kier alpha value is -1.26. The minimum atomic E-state index is -0.914. The molecule has 4 atom stereocenters. The van der Waals surface area contributed by atoms with Crippen molar-refractivity contribution in [2.24, 2.45) is 11.8 Å². The first-order valence-corrected chi connectivity index (χ1v) is 6.02. The van der Waals surface area contributed by atoms with Crippen LogP contribution < -0.4 is 0 Å². The number of hydrogen-bond donors (Lipinski definition) is 1. The van der Waals surface area contributed by atoms with E-state index in [2.05, 4.69) is 0 Å². The number of carboxylic acid groups (broad SMARTS) is 1. The molecule has 17 heavy (non-hydrogen) atoms. The lowest BCUT2D eigenvalue weighted by Gasteiger charge is -2.29. The minimum Gasteiger partial charge on any atom is -0.480 e. The molecule has 1 N–H and O–H groups in total. The summed E-state index contributed by atoms with van der Waals surface area (Å²) in [6.07, 6.45) is 1.09. The predicted molar refractivity (Wildman–Crippen MR) is 58.4 cm³/mol. The average Bonchev–Trinajstić information content (AvgIpc) is 2.93. The van der Waals surface area contributed by atoms with Gasteiger partial charge in [0, 0.05) is 0 Å². The van der Waals surface area contributed by atoms with Crippen molar-refractivity contribution in [1.82, 2.24) is 4.90 Å². The average molecular weight is 239 g/mol. The van der Waals surface area contributed by atoms with E-state index in [9.17, 15) is 9.59 Å². The zero-order valence-corrected chi connectivity index (χ0v) is 10.3. The quantitative estimate of drug-likeness (QED) is 0.752. The third-order valence-electron chi connectivity index (χ3n) is 4.16. The summed E-state index contributed by atoms with van der Waals surface area (Å²) in [6.45, 7) is 5.38. The van der Waals surface area contributed by atoms with E-state index < -0.39 is 23.7 Å². The second kappa shape index (κ2) is 2.76. The van der Waals surface area contributed by atoms with Gasteiger partial charge in [0.2, 0.25) is 0 Å². The summed E-state index contributed by atoms with van der Waals surface area (Å²) in [5.74, 6) is 0.0461. The van der Waals surface area contributed by atoms with E-state index in [-0.39, 0.29) is 5.54 Å². The second-order valence-corrected chi connectivity index (χ2v) is 6.35. The normalized spacial score (nSPS) is 41.6. The predicted octanol–water partition coefficient (Wildman–Crippen LogP) is 1.47. The van der Waals surface area contributed by atoms with E-state index in [1.165, 1.54) is 4.90 Å². The first-order chi connectivity index (χ1) is 7.77. The fourth-order valence-corrected chi connectivity index (χ4v) is 3.29. The fraction of sp³-hybridized carbons (Fsp3) is 0.833. The van der Waals surface area contributed by atoms with Crippen LogP contribution in [0.1, 0.15) is 33.6 Å². The number of ether oxygens (including phenoxy) is 1. The van der Waals surface area contributed by atoms with Gasteiger partial charge in [0.1, 0.15) is 11.6 Å². The number of carbonyl (C=O) groups is 2. The summed E-state index contributed by atoms with van der Waals surface area (Å²) >= 11 is 0. The highest BCUT2D eigenvalue weighted by atomic mass is 16.6. The van der Waals surface area contributed by atoms with Crippen LogP contribution in [-0.4, -0.2) is 39.3 Å².